The van der Waals surface area contributed by atoms with Gasteiger partial charge in [-0.15, -0.1) is 0 Å². The van der Waals surface area contributed by atoms with Crippen molar-refractivity contribution in [1.82, 2.24) is 4.90 Å². The summed E-state index contributed by atoms with van der Waals surface area (Å²) in [5.41, 5.74) is 1.07. The summed E-state index contributed by atoms with van der Waals surface area (Å²) in [5.74, 6) is -2.64. The Kier molecular flexibility index (Phi) is 6.58. The number of carbonyl (C=O) groups is 2. The van der Waals surface area contributed by atoms with E-state index in [1.807, 2.05) is 30.3 Å². The third-order valence-corrected chi connectivity index (χ3v) is 6.33. The third kappa shape index (κ3) is 5.56. The minimum Gasteiger partial charge on any atom is -0.481 e. The van der Waals surface area contributed by atoms with E-state index in [9.17, 15) is 23.1 Å². The van der Waals surface area contributed by atoms with Crippen LogP contribution in [0.4, 0.5) is 0 Å². The van der Waals surface area contributed by atoms with Crippen LogP contribution in [0.1, 0.15) is 31.7 Å². The zero-order chi connectivity index (χ0) is 18.4. The predicted octanol–water partition coefficient (Wildman–Crippen LogP) is 1.75. The molecule has 1 N–H and O–H groups in total. The maximum atomic E-state index is 12.4. The Morgan fingerprint density at radius 1 is 1.24 bits per heavy atom. The monoisotopic (exact) mass is 367 g/mol. The first kappa shape index (κ1) is 19.4. The van der Waals surface area contributed by atoms with E-state index in [-0.39, 0.29) is 5.75 Å². The quantitative estimate of drug-likeness (QED) is 0.793. The Morgan fingerprint density at radius 2 is 1.92 bits per heavy atom. The Bertz CT molecular complexity index is 701. The molecule has 1 heterocycles. The molecule has 1 aromatic rings. The van der Waals surface area contributed by atoms with Gasteiger partial charge in [-0.25, -0.2) is 8.42 Å². The van der Waals surface area contributed by atoms with Gasteiger partial charge < -0.3 is 10.0 Å². The zero-order valence-electron chi connectivity index (χ0n) is 14.4. The number of hydrogen-bond acceptors (Lipinski definition) is 4. The van der Waals surface area contributed by atoms with E-state index in [0.29, 0.717) is 32.2 Å². The molecule has 0 spiro atoms. The van der Waals surface area contributed by atoms with Gasteiger partial charge in [-0.05, 0) is 38.2 Å². The fraction of sp³-hybridized carbons (Fsp3) is 0.556. The van der Waals surface area contributed by atoms with E-state index in [0.717, 1.165) is 5.56 Å². The van der Waals surface area contributed by atoms with E-state index in [2.05, 4.69) is 0 Å². The minimum atomic E-state index is -3.50. The van der Waals surface area contributed by atoms with Gasteiger partial charge in [-0.2, -0.15) is 0 Å². The number of carboxylic acid groups (broad SMARTS) is 1. The lowest BCUT2D eigenvalue weighted by Crippen LogP contribution is -2.50. The average molecular weight is 367 g/mol. The summed E-state index contributed by atoms with van der Waals surface area (Å²) in [6, 6.07) is 9.13. The Morgan fingerprint density at radius 3 is 2.56 bits per heavy atom. The van der Waals surface area contributed by atoms with Crippen molar-refractivity contribution in [2.45, 2.75) is 38.6 Å². The SMILES string of the molecule is C[C@@H]1[C@H](C(=O)O)CCCN1C(=O)CS(=O)(=O)CCCc1ccccc1. The molecule has 1 amide bonds. The normalized spacial score (nSPS) is 21.1. The highest BCUT2D eigenvalue weighted by molar-refractivity contribution is 7.92. The van der Waals surface area contributed by atoms with Crippen LogP contribution >= 0.6 is 0 Å². The predicted molar refractivity (Wildman–Crippen MR) is 95.0 cm³/mol. The number of carboxylic acids is 1. The number of carbonyl (C=O) groups excluding carboxylic acids is 1. The van der Waals surface area contributed by atoms with Crippen LogP contribution in [0, 0.1) is 5.92 Å². The van der Waals surface area contributed by atoms with Crippen molar-refractivity contribution >= 4 is 21.7 Å². The molecule has 0 aliphatic carbocycles. The minimum absolute atomic E-state index is 0.0434. The van der Waals surface area contributed by atoms with Crippen molar-refractivity contribution in [2.24, 2.45) is 5.92 Å². The number of aliphatic carboxylic acids is 1. The summed E-state index contributed by atoms with van der Waals surface area (Å²) in [6.07, 6.45) is 2.22. The van der Waals surface area contributed by atoms with Gasteiger partial charge in [-0.1, -0.05) is 30.3 Å². The molecule has 7 heteroatoms. The standard InChI is InChI=1S/C18H25NO5S/c1-14-16(18(21)22)10-5-11-19(14)17(20)13-25(23,24)12-6-9-15-7-3-2-4-8-15/h2-4,7-8,14,16H,5-6,9-13H2,1H3,(H,21,22)/t14-,16-/m1/s1. The van der Waals surface area contributed by atoms with E-state index in [1.54, 1.807) is 6.92 Å². The molecule has 138 valence electrons. The molecular weight excluding hydrogens is 342 g/mol. The molecule has 2 rings (SSSR count). The summed E-state index contributed by atoms with van der Waals surface area (Å²) in [4.78, 5) is 25.0. The Balaban J connectivity index is 1.88. The zero-order valence-corrected chi connectivity index (χ0v) is 15.2. The van der Waals surface area contributed by atoms with Crippen molar-refractivity contribution in [3.63, 3.8) is 0 Å². The average Bonchev–Trinajstić information content (AvgIpc) is 2.55. The van der Waals surface area contributed by atoms with Gasteiger partial charge >= 0.3 is 5.97 Å². The highest BCUT2D eigenvalue weighted by atomic mass is 32.2. The molecular formula is C18H25NO5S. The van der Waals surface area contributed by atoms with Gasteiger partial charge in [0.05, 0.1) is 11.7 Å². The van der Waals surface area contributed by atoms with E-state index < -0.39 is 39.4 Å². The molecule has 0 aromatic heterocycles. The van der Waals surface area contributed by atoms with E-state index >= 15 is 0 Å². The third-order valence-electron chi connectivity index (χ3n) is 4.73. The number of piperidine rings is 1. The number of likely N-dealkylation sites (tertiary alicyclic amines) is 1. The lowest BCUT2D eigenvalue weighted by Gasteiger charge is -2.37. The topological polar surface area (TPSA) is 91.8 Å². The second-order valence-electron chi connectivity index (χ2n) is 6.60. The van der Waals surface area contributed by atoms with Gasteiger partial charge in [0.25, 0.3) is 0 Å². The number of benzene rings is 1. The van der Waals surface area contributed by atoms with Gasteiger partial charge in [0.1, 0.15) is 5.75 Å². The molecule has 0 saturated carbocycles. The number of aryl methyl sites for hydroxylation is 1. The van der Waals surface area contributed by atoms with Crippen molar-refractivity contribution in [2.75, 3.05) is 18.1 Å². The van der Waals surface area contributed by atoms with E-state index in [1.165, 1.54) is 4.90 Å². The number of nitrogens with zero attached hydrogens (tertiary/aromatic N) is 1. The maximum absolute atomic E-state index is 12.4. The molecule has 1 aliphatic rings. The van der Waals surface area contributed by atoms with Crippen LogP contribution in [0.15, 0.2) is 30.3 Å². The van der Waals surface area contributed by atoms with Gasteiger partial charge in [0.2, 0.25) is 5.91 Å². The lowest BCUT2D eigenvalue weighted by atomic mass is 9.90. The molecule has 0 unspecified atom stereocenters. The van der Waals surface area contributed by atoms with Gasteiger partial charge in [0.15, 0.2) is 9.84 Å². The number of hydrogen-bond donors (Lipinski definition) is 1. The van der Waals surface area contributed by atoms with E-state index in [4.69, 9.17) is 0 Å². The lowest BCUT2D eigenvalue weighted by molar-refractivity contribution is -0.148. The molecule has 6 nitrogen and oxygen atoms in total. The molecule has 0 bridgehead atoms. The van der Waals surface area contributed by atoms with Crippen molar-refractivity contribution in [3.8, 4) is 0 Å². The summed E-state index contributed by atoms with van der Waals surface area (Å²) >= 11 is 0. The largest absolute Gasteiger partial charge is 0.481 e. The van der Waals surface area contributed by atoms with Crippen LogP contribution in [0.5, 0.6) is 0 Å². The van der Waals surface area contributed by atoms with Crippen molar-refractivity contribution in [3.05, 3.63) is 35.9 Å². The highest BCUT2D eigenvalue weighted by Gasteiger charge is 2.36. The van der Waals surface area contributed by atoms with Crippen LogP contribution in [-0.4, -0.2) is 54.4 Å². The first-order valence-electron chi connectivity index (χ1n) is 8.57. The van der Waals surface area contributed by atoms with Gasteiger partial charge in [-0.3, -0.25) is 9.59 Å². The second-order valence-corrected chi connectivity index (χ2v) is 8.78. The summed E-state index contributed by atoms with van der Waals surface area (Å²) in [7, 11) is -3.50. The van der Waals surface area contributed by atoms with Crippen LogP contribution in [0.2, 0.25) is 0 Å². The summed E-state index contributed by atoms with van der Waals surface area (Å²) in [6.45, 7) is 2.10. The Hall–Kier alpha value is -1.89. The molecule has 1 saturated heterocycles. The first-order valence-corrected chi connectivity index (χ1v) is 10.4. The van der Waals surface area contributed by atoms with Crippen LogP contribution in [0.3, 0.4) is 0 Å². The fourth-order valence-corrected chi connectivity index (χ4v) is 4.58. The molecule has 1 aliphatic heterocycles. The van der Waals surface area contributed by atoms with Crippen LogP contribution in [-0.2, 0) is 25.8 Å². The first-order chi connectivity index (χ1) is 11.8. The second kappa shape index (κ2) is 8.47. The van der Waals surface area contributed by atoms with Crippen molar-refractivity contribution in [1.29, 1.82) is 0 Å². The summed E-state index contributed by atoms with van der Waals surface area (Å²) in [5, 5.41) is 9.21. The highest BCUT2D eigenvalue weighted by Crippen LogP contribution is 2.24. The maximum Gasteiger partial charge on any atom is 0.308 e. The Labute approximate surface area is 148 Å². The summed E-state index contributed by atoms with van der Waals surface area (Å²) < 4.78 is 24.5. The number of rotatable bonds is 7. The van der Waals surface area contributed by atoms with Crippen LogP contribution in [0.25, 0.3) is 0 Å². The smallest absolute Gasteiger partial charge is 0.308 e. The fourth-order valence-electron chi connectivity index (χ4n) is 3.31. The van der Waals surface area contributed by atoms with Gasteiger partial charge in [0, 0.05) is 12.6 Å². The number of amides is 1. The molecule has 1 aromatic carbocycles. The molecule has 0 radical (unpaired) electrons. The van der Waals surface area contributed by atoms with Crippen molar-refractivity contribution < 1.29 is 23.1 Å². The molecule has 25 heavy (non-hydrogen) atoms. The van der Waals surface area contributed by atoms with Crippen LogP contribution < -0.4 is 0 Å². The molecule has 1 fully saturated rings. The molecule has 2 atom stereocenters. The number of sulfone groups is 1.